The molecule has 1 aliphatic carbocycles. The highest BCUT2D eigenvalue weighted by Crippen LogP contribution is 2.35. The minimum absolute atomic E-state index is 0. The Balaban J connectivity index is 0.000000319. The first-order valence-electron chi connectivity index (χ1n) is 6.61. The van der Waals surface area contributed by atoms with E-state index < -0.39 is 7.54 Å². The zero-order chi connectivity index (χ0) is 15.0. The van der Waals surface area contributed by atoms with Crippen molar-refractivity contribution in [2.24, 2.45) is 7.05 Å². The SMILES string of the molecule is Cn1c[n+]2c(n1)CO[C@@H]1Cc3ccccc3C12.FB(F)F.[F-]. The third-order valence-electron chi connectivity index (χ3n) is 3.74. The smallest absolute Gasteiger partial charge is 0.762 e. The van der Waals surface area contributed by atoms with Crippen LogP contribution < -0.4 is 9.27 Å². The van der Waals surface area contributed by atoms with Crippen LogP contribution in [0.4, 0.5) is 12.9 Å². The molecule has 0 saturated heterocycles. The second kappa shape index (κ2) is 6.47. The maximum Gasteiger partial charge on any atom is 0.762 e. The summed E-state index contributed by atoms with van der Waals surface area (Å²) in [5.41, 5.74) is 2.79. The van der Waals surface area contributed by atoms with Gasteiger partial charge in [-0.3, -0.25) is 12.9 Å². The summed E-state index contributed by atoms with van der Waals surface area (Å²) >= 11 is 0. The fraction of sp³-hybridized carbons (Fsp3) is 0.385. The predicted octanol–water partition coefficient (Wildman–Crippen LogP) is -1.36. The molecule has 1 unspecified atom stereocenters. The number of rotatable bonds is 0. The fourth-order valence-corrected chi connectivity index (χ4v) is 3.04. The molecule has 0 saturated carbocycles. The predicted molar refractivity (Wildman–Crippen MR) is 69.3 cm³/mol. The molecular formula is C13H14BF4N3O. The van der Waals surface area contributed by atoms with E-state index in [9.17, 15) is 12.9 Å². The van der Waals surface area contributed by atoms with E-state index in [0.29, 0.717) is 12.6 Å². The zero-order valence-electron chi connectivity index (χ0n) is 11.8. The van der Waals surface area contributed by atoms with Gasteiger partial charge in [-0.05, 0) is 11.1 Å². The fourth-order valence-electron chi connectivity index (χ4n) is 3.04. The molecule has 1 aromatic heterocycles. The van der Waals surface area contributed by atoms with Gasteiger partial charge in [0.1, 0.15) is 18.8 Å². The maximum absolute atomic E-state index is 9.67. The molecule has 118 valence electrons. The van der Waals surface area contributed by atoms with Crippen molar-refractivity contribution in [3.05, 3.63) is 47.5 Å². The first-order valence-corrected chi connectivity index (χ1v) is 6.61. The Labute approximate surface area is 125 Å². The van der Waals surface area contributed by atoms with Crippen LogP contribution in [0.3, 0.4) is 0 Å². The van der Waals surface area contributed by atoms with E-state index in [1.165, 1.54) is 11.1 Å². The van der Waals surface area contributed by atoms with Crippen molar-refractivity contribution in [2.45, 2.75) is 25.2 Å². The van der Waals surface area contributed by atoms with Crippen molar-refractivity contribution in [3.8, 4) is 0 Å². The number of fused-ring (bicyclic) bond motifs is 5. The van der Waals surface area contributed by atoms with Gasteiger partial charge < -0.3 is 9.44 Å². The topological polar surface area (TPSA) is 30.9 Å². The molecule has 0 amide bonds. The van der Waals surface area contributed by atoms with Crippen LogP contribution in [-0.4, -0.2) is 23.4 Å². The average molecular weight is 315 g/mol. The van der Waals surface area contributed by atoms with Gasteiger partial charge in [0, 0.05) is 11.5 Å². The molecule has 9 heteroatoms. The molecule has 0 radical (unpaired) electrons. The molecule has 0 bridgehead atoms. The summed E-state index contributed by atoms with van der Waals surface area (Å²) in [4.78, 5) is 0. The van der Waals surface area contributed by atoms with Gasteiger partial charge in [-0.2, -0.15) is 0 Å². The summed E-state index contributed by atoms with van der Waals surface area (Å²) < 4.78 is 39.1. The van der Waals surface area contributed by atoms with Gasteiger partial charge in [0.15, 0.2) is 0 Å². The number of nitrogens with zero attached hydrogens (tertiary/aromatic N) is 3. The van der Waals surface area contributed by atoms with Crippen molar-refractivity contribution < 1.29 is 27.0 Å². The summed E-state index contributed by atoms with van der Waals surface area (Å²) in [5.74, 6) is 1.02. The Bertz CT molecular complexity index is 649. The van der Waals surface area contributed by atoms with Crippen LogP contribution in [-0.2, 0) is 24.8 Å². The summed E-state index contributed by atoms with van der Waals surface area (Å²) in [7, 11) is -1.71. The number of aromatic nitrogens is 3. The zero-order valence-corrected chi connectivity index (χ0v) is 11.8. The van der Waals surface area contributed by atoms with Crippen LogP contribution >= 0.6 is 0 Å². The van der Waals surface area contributed by atoms with Crippen LogP contribution in [0.15, 0.2) is 30.6 Å². The molecule has 2 aliphatic rings. The lowest BCUT2D eigenvalue weighted by Crippen LogP contribution is -3.00. The first kappa shape index (κ1) is 16.5. The molecule has 0 spiro atoms. The minimum Gasteiger partial charge on any atom is -1.00 e. The van der Waals surface area contributed by atoms with E-state index in [-0.39, 0.29) is 10.8 Å². The third kappa shape index (κ3) is 2.99. The van der Waals surface area contributed by atoms with Crippen LogP contribution in [0.25, 0.3) is 0 Å². The lowest BCUT2D eigenvalue weighted by molar-refractivity contribution is -0.739. The molecule has 4 rings (SSSR count). The highest BCUT2D eigenvalue weighted by atomic mass is 19.4. The Hall–Kier alpha value is -1.90. The van der Waals surface area contributed by atoms with Gasteiger partial charge in [-0.15, -0.1) is 4.68 Å². The van der Waals surface area contributed by atoms with E-state index in [4.69, 9.17) is 4.74 Å². The van der Waals surface area contributed by atoms with Crippen molar-refractivity contribution in [1.29, 1.82) is 0 Å². The molecule has 2 heterocycles. The lowest BCUT2D eigenvalue weighted by atomic mass is 10.1. The van der Waals surface area contributed by atoms with Gasteiger partial charge >= 0.3 is 13.4 Å². The quantitative estimate of drug-likeness (QED) is 0.341. The van der Waals surface area contributed by atoms with Gasteiger partial charge in [0.2, 0.25) is 6.33 Å². The van der Waals surface area contributed by atoms with Crippen molar-refractivity contribution in [1.82, 2.24) is 9.78 Å². The maximum atomic E-state index is 9.67. The third-order valence-corrected chi connectivity index (χ3v) is 3.74. The second-order valence-electron chi connectivity index (χ2n) is 5.06. The number of aryl methyl sites for hydroxylation is 1. The summed E-state index contributed by atoms with van der Waals surface area (Å²) in [6.45, 7) is 0.621. The monoisotopic (exact) mass is 315 g/mol. The Kier molecular flexibility index (Phi) is 4.85. The number of hydrogen-bond acceptors (Lipinski definition) is 2. The van der Waals surface area contributed by atoms with Crippen molar-refractivity contribution in [2.75, 3.05) is 0 Å². The number of halogens is 4. The normalized spacial score (nSPS) is 20.7. The number of hydrogen-bond donors (Lipinski definition) is 0. The lowest BCUT2D eigenvalue weighted by Gasteiger charge is -2.23. The average Bonchev–Trinajstić information content (AvgIpc) is 2.96. The Morgan fingerprint density at radius 2 is 2.00 bits per heavy atom. The van der Waals surface area contributed by atoms with E-state index in [2.05, 4.69) is 40.3 Å². The van der Waals surface area contributed by atoms with Gasteiger partial charge in [-0.1, -0.05) is 24.3 Å². The van der Waals surface area contributed by atoms with Crippen LogP contribution in [0.1, 0.15) is 23.0 Å². The van der Waals surface area contributed by atoms with E-state index in [1.807, 2.05) is 11.7 Å². The largest absolute Gasteiger partial charge is 1.00 e. The molecule has 0 fully saturated rings. The number of benzene rings is 1. The van der Waals surface area contributed by atoms with E-state index >= 15 is 0 Å². The summed E-state index contributed by atoms with van der Waals surface area (Å²) in [6.07, 6.45) is 3.36. The highest BCUT2D eigenvalue weighted by Gasteiger charge is 2.42. The van der Waals surface area contributed by atoms with Crippen LogP contribution in [0, 0.1) is 0 Å². The first-order chi connectivity index (χ1) is 10.1. The van der Waals surface area contributed by atoms with Gasteiger partial charge in [-0.25, -0.2) is 4.57 Å². The van der Waals surface area contributed by atoms with E-state index in [1.54, 1.807) is 0 Å². The molecular weight excluding hydrogens is 301 g/mol. The molecule has 0 N–H and O–H groups in total. The summed E-state index contributed by atoms with van der Waals surface area (Å²) in [6, 6.07) is 8.92. The molecule has 1 aliphatic heterocycles. The molecule has 1 aromatic carbocycles. The Morgan fingerprint density at radius 1 is 1.32 bits per heavy atom. The minimum atomic E-state index is -3.67. The Morgan fingerprint density at radius 3 is 2.73 bits per heavy atom. The highest BCUT2D eigenvalue weighted by molar-refractivity contribution is 6.33. The molecule has 2 aromatic rings. The number of ether oxygens (including phenoxy) is 1. The van der Waals surface area contributed by atoms with Crippen LogP contribution in [0.5, 0.6) is 0 Å². The van der Waals surface area contributed by atoms with Gasteiger partial charge in [0.25, 0.3) is 0 Å². The summed E-state index contributed by atoms with van der Waals surface area (Å²) in [5, 5.41) is 4.44. The van der Waals surface area contributed by atoms with Crippen LogP contribution in [0.2, 0.25) is 0 Å². The second-order valence-corrected chi connectivity index (χ2v) is 5.06. The van der Waals surface area contributed by atoms with E-state index in [0.717, 1.165) is 12.2 Å². The molecule has 22 heavy (non-hydrogen) atoms. The van der Waals surface area contributed by atoms with Crippen molar-refractivity contribution in [3.63, 3.8) is 0 Å². The standard InChI is InChI=1S/C13H14N3O.BF3.FH/c1-15-8-16-12(14-15)7-17-11-6-9-4-2-3-5-10(9)13(11)16;2-1(3)4;/h2-5,8,11,13H,6-7H2,1H3;;1H/q+1;;/p-1/t11-,13?;;/m1../s1. The van der Waals surface area contributed by atoms with Crippen molar-refractivity contribution >= 4 is 7.54 Å². The van der Waals surface area contributed by atoms with Gasteiger partial charge in [0.05, 0.1) is 7.05 Å². The molecule has 4 nitrogen and oxygen atoms in total. The molecule has 2 atom stereocenters.